The maximum absolute atomic E-state index is 12.9. The number of alkyl halides is 2. The summed E-state index contributed by atoms with van der Waals surface area (Å²) < 4.78 is 44.0. The fourth-order valence-electron chi connectivity index (χ4n) is 3.46. The lowest BCUT2D eigenvalue weighted by atomic mass is 9.81. The molecule has 1 atom stereocenters. The summed E-state index contributed by atoms with van der Waals surface area (Å²) in [6, 6.07) is 0.0159. The number of carbonyl (C=O) groups excluding carboxylic acids is 1. The van der Waals surface area contributed by atoms with E-state index in [0.29, 0.717) is 24.5 Å². The molecular formula is C17H18F3N5O2. The number of aromatic nitrogens is 3. The zero-order chi connectivity index (χ0) is 19.0. The molecule has 0 bridgehead atoms. The monoisotopic (exact) mass is 381 g/mol. The number of hydrogen-bond acceptors (Lipinski definition) is 6. The Morgan fingerprint density at radius 1 is 1.30 bits per heavy atom. The van der Waals surface area contributed by atoms with Crippen LogP contribution in [-0.4, -0.2) is 33.0 Å². The number of anilines is 1. The molecule has 2 N–H and O–H groups in total. The molecule has 4 rings (SSSR count). The maximum Gasteiger partial charge on any atom is 0.249 e. The van der Waals surface area contributed by atoms with Crippen LogP contribution in [-0.2, 0) is 24.2 Å². The third kappa shape index (κ3) is 3.88. The molecule has 0 aromatic carbocycles. The predicted octanol–water partition coefficient (Wildman–Crippen LogP) is 2.23. The van der Waals surface area contributed by atoms with Gasteiger partial charge in [-0.25, -0.2) is 23.1 Å². The van der Waals surface area contributed by atoms with Crippen molar-refractivity contribution in [2.75, 3.05) is 5.32 Å². The predicted molar refractivity (Wildman–Crippen MR) is 87.4 cm³/mol. The van der Waals surface area contributed by atoms with Gasteiger partial charge in [-0.05, 0) is 12.8 Å². The molecule has 2 aliphatic rings. The zero-order valence-electron chi connectivity index (χ0n) is 14.3. The average molecular weight is 381 g/mol. The Morgan fingerprint density at radius 3 is 2.74 bits per heavy atom. The van der Waals surface area contributed by atoms with E-state index in [-0.39, 0.29) is 18.5 Å². The number of fused-ring (bicyclic) bond motifs is 1. The van der Waals surface area contributed by atoms with Crippen LogP contribution >= 0.6 is 0 Å². The summed E-state index contributed by atoms with van der Waals surface area (Å²) in [7, 11) is 0. The standard InChI is InChI=1S/C17H18F3N5O2/c18-10-6-22-16(23-7-10)24-11-1-2-14-12(3-11)13(25-27-14)8-21-15(26)9-4-17(19,20)5-9/h6-7,9,11H,1-5,8H2,(H,21,26)(H,22,23,24). The zero-order valence-corrected chi connectivity index (χ0v) is 14.3. The molecule has 10 heteroatoms. The number of carbonyl (C=O) groups is 1. The van der Waals surface area contributed by atoms with Gasteiger partial charge < -0.3 is 15.2 Å². The Morgan fingerprint density at radius 2 is 2.04 bits per heavy atom. The van der Waals surface area contributed by atoms with Crippen LogP contribution in [0.2, 0.25) is 0 Å². The SMILES string of the molecule is O=C(NCc1noc2c1CC(Nc1ncc(F)cn1)CC2)C1CC(F)(F)C1. The van der Waals surface area contributed by atoms with Gasteiger partial charge in [0.1, 0.15) is 11.5 Å². The number of halogens is 3. The second-order valence-corrected chi connectivity index (χ2v) is 7.02. The highest BCUT2D eigenvalue weighted by Crippen LogP contribution is 2.42. The largest absolute Gasteiger partial charge is 0.361 e. The molecule has 1 amide bonds. The number of aryl methyl sites for hydroxylation is 1. The van der Waals surface area contributed by atoms with Gasteiger partial charge in [0.25, 0.3) is 0 Å². The van der Waals surface area contributed by atoms with Gasteiger partial charge in [-0.2, -0.15) is 0 Å². The molecular weight excluding hydrogens is 363 g/mol. The van der Waals surface area contributed by atoms with Crippen molar-refractivity contribution < 1.29 is 22.5 Å². The van der Waals surface area contributed by atoms with Crippen LogP contribution in [0.4, 0.5) is 19.1 Å². The van der Waals surface area contributed by atoms with Crippen molar-refractivity contribution in [3.63, 3.8) is 0 Å². The fourth-order valence-corrected chi connectivity index (χ4v) is 3.46. The van der Waals surface area contributed by atoms with Crippen LogP contribution in [0.3, 0.4) is 0 Å². The Kier molecular flexibility index (Phi) is 4.48. The molecule has 2 aromatic rings. The number of amides is 1. The van der Waals surface area contributed by atoms with Crippen LogP contribution in [0.5, 0.6) is 0 Å². The first-order valence-corrected chi connectivity index (χ1v) is 8.75. The molecule has 27 heavy (non-hydrogen) atoms. The summed E-state index contributed by atoms with van der Waals surface area (Å²) in [6.45, 7) is 0.138. The molecule has 1 saturated carbocycles. The van der Waals surface area contributed by atoms with E-state index in [1.807, 2.05) is 0 Å². The molecule has 0 radical (unpaired) electrons. The third-order valence-electron chi connectivity index (χ3n) is 4.97. The lowest BCUT2D eigenvalue weighted by molar-refractivity contribution is -0.150. The molecule has 2 aliphatic carbocycles. The minimum atomic E-state index is -2.73. The molecule has 1 unspecified atom stereocenters. The first-order valence-electron chi connectivity index (χ1n) is 8.75. The van der Waals surface area contributed by atoms with Gasteiger partial charge in [-0.3, -0.25) is 4.79 Å². The summed E-state index contributed by atoms with van der Waals surface area (Å²) in [6.07, 6.45) is 3.39. The van der Waals surface area contributed by atoms with E-state index in [0.717, 1.165) is 30.1 Å². The Labute approximate surface area is 152 Å². The third-order valence-corrected chi connectivity index (χ3v) is 4.97. The lowest BCUT2D eigenvalue weighted by Crippen LogP contribution is -2.44. The van der Waals surface area contributed by atoms with Crippen molar-refractivity contribution in [3.05, 3.63) is 35.2 Å². The molecule has 2 heterocycles. The first kappa shape index (κ1) is 17.7. The van der Waals surface area contributed by atoms with E-state index in [1.165, 1.54) is 0 Å². The molecule has 2 aromatic heterocycles. The van der Waals surface area contributed by atoms with Gasteiger partial charge >= 0.3 is 0 Å². The van der Waals surface area contributed by atoms with E-state index in [4.69, 9.17) is 4.52 Å². The summed E-state index contributed by atoms with van der Waals surface area (Å²) in [4.78, 5) is 19.7. The summed E-state index contributed by atoms with van der Waals surface area (Å²) in [5.74, 6) is -3.17. The van der Waals surface area contributed by atoms with E-state index in [1.54, 1.807) is 0 Å². The Hall–Kier alpha value is -2.65. The normalized spacial score (nSPS) is 21.2. The number of nitrogens with one attached hydrogen (secondary N) is 2. The Balaban J connectivity index is 1.35. The lowest BCUT2D eigenvalue weighted by Gasteiger charge is -2.33. The van der Waals surface area contributed by atoms with Crippen molar-refractivity contribution >= 4 is 11.9 Å². The highest BCUT2D eigenvalue weighted by atomic mass is 19.3. The molecule has 0 aliphatic heterocycles. The summed E-state index contributed by atoms with van der Waals surface area (Å²) in [5, 5.41) is 9.82. The minimum absolute atomic E-state index is 0.0159. The van der Waals surface area contributed by atoms with E-state index >= 15 is 0 Å². The molecule has 7 nitrogen and oxygen atoms in total. The molecule has 0 spiro atoms. The van der Waals surface area contributed by atoms with E-state index in [2.05, 4.69) is 25.8 Å². The highest BCUT2D eigenvalue weighted by molar-refractivity contribution is 5.79. The first-order chi connectivity index (χ1) is 12.9. The Bertz CT molecular complexity index is 832. The van der Waals surface area contributed by atoms with Crippen molar-refractivity contribution in [2.45, 2.75) is 50.6 Å². The van der Waals surface area contributed by atoms with Crippen LogP contribution < -0.4 is 10.6 Å². The van der Waals surface area contributed by atoms with Gasteiger partial charge in [-0.1, -0.05) is 5.16 Å². The smallest absolute Gasteiger partial charge is 0.249 e. The molecule has 144 valence electrons. The van der Waals surface area contributed by atoms with Gasteiger partial charge in [0.05, 0.1) is 18.9 Å². The fraction of sp³-hybridized carbons (Fsp3) is 0.529. The molecule has 1 fully saturated rings. The van der Waals surface area contributed by atoms with Gasteiger partial charge in [-0.15, -0.1) is 0 Å². The summed E-state index contributed by atoms with van der Waals surface area (Å²) in [5.41, 5.74) is 1.48. The second-order valence-electron chi connectivity index (χ2n) is 7.02. The van der Waals surface area contributed by atoms with E-state index < -0.39 is 30.5 Å². The van der Waals surface area contributed by atoms with Crippen molar-refractivity contribution in [3.8, 4) is 0 Å². The van der Waals surface area contributed by atoms with Crippen LogP contribution in [0.15, 0.2) is 16.9 Å². The number of hydrogen-bond donors (Lipinski definition) is 2. The van der Waals surface area contributed by atoms with Gasteiger partial charge in [0, 0.05) is 36.8 Å². The van der Waals surface area contributed by atoms with Gasteiger partial charge in [0.15, 0.2) is 5.82 Å². The average Bonchev–Trinajstić information content (AvgIpc) is 3.02. The minimum Gasteiger partial charge on any atom is -0.361 e. The molecule has 0 saturated heterocycles. The summed E-state index contributed by atoms with van der Waals surface area (Å²) >= 11 is 0. The quantitative estimate of drug-likeness (QED) is 0.825. The van der Waals surface area contributed by atoms with E-state index in [9.17, 15) is 18.0 Å². The second kappa shape index (κ2) is 6.82. The van der Waals surface area contributed by atoms with Crippen molar-refractivity contribution in [1.29, 1.82) is 0 Å². The van der Waals surface area contributed by atoms with Crippen molar-refractivity contribution in [1.82, 2.24) is 20.4 Å². The highest BCUT2D eigenvalue weighted by Gasteiger charge is 2.48. The van der Waals surface area contributed by atoms with Crippen molar-refractivity contribution in [2.24, 2.45) is 5.92 Å². The topological polar surface area (TPSA) is 92.9 Å². The maximum atomic E-state index is 12.9. The number of nitrogens with zero attached hydrogens (tertiary/aromatic N) is 3. The van der Waals surface area contributed by atoms with Crippen LogP contribution in [0.25, 0.3) is 0 Å². The van der Waals surface area contributed by atoms with Gasteiger partial charge in [0.2, 0.25) is 17.8 Å². The van der Waals surface area contributed by atoms with Crippen LogP contribution in [0, 0.1) is 11.7 Å². The number of rotatable bonds is 5. The van der Waals surface area contributed by atoms with Crippen LogP contribution in [0.1, 0.15) is 36.3 Å².